The molecule has 0 saturated heterocycles. The highest BCUT2D eigenvalue weighted by molar-refractivity contribution is 6.00. The van der Waals surface area contributed by atoms with Crippen LogP contribution in [0.5, 0.6) is 0 Å². The molecule has 0 fully saturated rings. The van der Waals surface area contributed by atoms with Crippen LogP contribution in [0.4, 0.5) is 0 Å². The van der Waals surface area contributed by atoms with E-state index in [1.54, 1.807) is 21.8 Å². The molecule has 3 aromatic heterocycles. The summed E-state index contributed by atoms with van der Waals surface area (Å²) in [5.41, 5.74) is 2.07. The zero-order valence-corrected chi connectivity index (χ0v) is 15.9. The molecule has 11 nitrogen and oxygen atoms in total. The van der Waals surface area contributed by atoms with Crippen molar-refractivity contribution in [2.75, 3.05) is 6.54 Å². The van der Waals surface area contributed by atoms with Gasteiger partial charge in [0.05, 0.1) is 29.9 Å². The van der Waals surface area contributed by atoms with E-state index in [0.29, 0.717) is 30.0 Å². The fourth-order valence-corrected chi connectivity index (χ4v) is 3.73. The van der Waals surface area contributed by atoms with Gasteiger partial charge in [0.2, 0.25) is 5.82 Å². The normalized spacial score (nSPS) is 16.1. The van der Waals surface area contributed by atoms with Gasteiger partial charge in [0, 0.05) is 25.4 Å². The van der Waals surface area contributed by atoms with Crippen molar-refractivity contribution in [3.8, 4) is 22.8 Å². The first-order chi connectivity index (χ1) is 14.1. The molecule has 29 heavy (non-hydrogen) atoms. The number of hydrogen-bond acceptors (Lipinski definition) is 7. The number of fused-ring (bicyclic) bond motifs is 1. The van der Waals surface area contributed by atoms with E-state index in [-0.39, 0.29) is 11.9 Å². The minimum atomic E-state index is -0.102. The number of tetrazole rings is 1. The van der Waals surface area contributed by atoms with Gasteiger partial charge >= 0.3 is 0 Å². The molecule has 4 aromatic rings. The van der Waals surface area contributed by atoms with Gasteiger partial charge in [-0.2, -0.15) is 10.3 Å². The second-order valence-corrected chi connectivity index (χ2v) is 7.03. The van der Waals surface area contributed by atoms with Crippen molar-refractivity contribution in [3.05, 3.63) is 48.0 Å². The molecule has 146 valence electrons. The highest BCUT2D eigenvalue weighted by Gasteiger charge is 2.31. The number of amides is 1. The third kappa shape index (κ3) is 2.87. The summed E-state index contributed by atoms with van der Waals surface area (Å²) in [4.78, 5) is 15.1. The van der Waals surface area contributed by atoms with E-state index in [1.807, 2.05) is 31.4 Å². The molecule has 1 N–H and O–H groups in total. The number of carbonyl (C=O) groups is 1. The van der Waals surface area contributed by atoms with Gasteiger partial charge in [0.15, 0.2) is 11.6 Å². The number of hydrogen-bond donors (Lipinski definition) is 1. The molecular formula is C18H18N10O. The smallest absolute Gasteiger partial charge is 0.255 e. The zero-order valence-electron chi connectivity index (χ0n) is 15.9. The van der Waals surface area contributed by atoms with Crippen LogP contribution in [-0.2, 0) is 13.6 Å². The fourth-order valence-electron chi connectivity index (χ4n) is 3.73. The lowest BCUT2D eigenvalue weighted by atomic mass is 10.0. The lowest BCUT2D eigenvalue weighted by Gasteiger charge is -2.32. The van der Waals surface area contributed by atoms with Gasteiger partial charge in [-0.05, 0) is 18.2 Å². The van der Waals surface area contributed by atoms with Crippen LogP contribution >= 0.6 is 0 Å². The zero-order chi connectivity index (χ0) is 20.0. The second kappa shape index (κ2) is 6.62. The Hall–Kier alpha value is -3.89. The topological polar surface area (TPSA) is 123 Å². The van der Waals surface area contributed by atoms with Crippen LogP contribution in [0.3, 0.4) is 0 Å². The summed E-state index contributed by atoms with van der Waals surface area (Å²) >= 11 is 0. The van der Waals surface area contributed by atoms with E-state index in [4.69, 9.17) is 0 Å². The first-order valence-corrected chi connectivity index (χ1v) is 9.16. The Morgan fingerprint density at radius 1 is 1.21 bits per heavy atom. The van der Waals surface area contributed by atoms with Gasteiger partial charge in [0.1, 0.15) is 0 Å². The summed E-state index contributed by atoms with van der Waals surface area (Å²) in [7, 11) is 1.86. The largest absolute Gasteiger partial charge is 0.329 e. The lowest BCUT2D eigenvalue weighted by molar-refractivity contribution is 0.0683. The number of carbonyl (C=O) groups excluding carboxylic acids is 1. The number of nitrogens with zero attached hydrogens (tertiary/aromatic N) is 9. The second-order valence-electron chi connectivity index (χ2n) is 7.03. The van der Waals surface area contributed by atoms with E-state index in [9.17, 15) is 4.79 Å². The Morgan fingerprint density at radius 2 is 2.07 bits per heavy atom. The summed E-state index contributed by atoms with van der Waals surface area (Å²) in [6, 6.07) is 7.28. The first-order valence-electron chi connectivity index (χ1n) is 9.16. The number of aromatic nitrogens is 9. The van der Waals surface area contributed by atoms with E-state index in [1.165, 1.54) is 0 Å². The van der Waals surface area contributed by atoms with Gasteiger partial charge in [-0.1, -0.05) is 18.2 Å². The number of H-pyrrole nitrogens is 1. The van der Waals surface area contributed by atoms with Crippen molar-refractivity contribution < 1.29 is 4.79 Å². The number of nitrogens with one attached hydrogen (secondary N) is 1. The SMILES string of the molecule is C[C@H]1CN(C(=O)c2ccccc2-c2nn[nH]n2)Cc2nnc(-c3cnn(C)c3)n21. The van der Waals surface area contributed by atoms with Crippen molar-refractivity contribution in [2.45, 2.75) is 19.5 Å². The minimum Gasteiger partial charge on any atom is -0.329 e. The molecule has 4 heterocycles. The average Bonchev–Trinajstić information content (AvgIpc) is 3.48. The van der Waals surface area contributed by atoms with Crippen LogP contribution in [0, 0.1) is 0 Å². The molecule has 0 unspecified atom stereocenters. The number of rotatable bonds is 3. The standard InChI is InChI=1S/C18H18N10O/c1-11-8-27(10-15-20-23-17(28(11)15)12-7-19-26(2)9-12)18(29)14-6-4-3-5-13(14)16-21-24-25-22-16/h3-7,9,11H,8,10H2,1-2H3,(H,21,22,24,25)/t11-/m0/s1. The molecule has 1 amide bonds. The van der Waals surface area contributed by atoms with Gasteiger partial charge in [-0.3, -0.25) is 9.48 Å². The fraction of sp³-hybridized carbons (Fsp3) is 0.278. The quantitative estimate of drug-likeness (QED) is 0.555. The molecule has 11 heteroatoms. The van der Waals surface area contributed by atoms with Crippen molar-refractivity contribution in [1.82, 2.24) is 50.1 Å². The van der Waals surface area contributed by atoms with E-state index >= 15 is 0 Å². The molecular weight excluding hydrogens is 372 g/mol. The van der Waals surface area contributed by atoms with E-state index in [0.717, 1.165) is 17.2 Å². The predicted octanol–water partition coefficient (Wildman–Crippen LogP) is 1.08. The predicted molar refractivity (Wildman–Crippen MR) is 101 cm³/mol. The monoisotopic (exact) mass is 390 g/mol. The summed E-state index contributed by atoms with van der Waals surface area (Å²) in [6.45, 7) is 2.96. The number of aromatic amines is 1. The molecule has 0 saturated carbocycles. The summed E-state index contributed by atoms with van der Waals surface area (Å²) in [6.07, 6.45) is 3.67. The molecule has 1 atom stereocenters. The number of benzene rings is 1. The summed E-state index contributed by atoms with van der Waals surface area (Å²) in [5, 5.41) is 26.9. The Bertz CT molecular complexity index is 1180. The Morgan fingerprint density at radius 3 is 2.83 bits per heavy atom. The molecule has 1 aliphatic heterocycles. The Balaban J connectivity index is 1.47. The van der Waals surface area contributed by atoms with Crippen LogP contribution < -0.4 is 0 Å². The van der Waals surface area contributed by atoms with Crippen LogP contribution in [-0.4, -0.2) is 62.5 Å². The van der Waals surface area contributed by atoms with Gasteiger partial charge < -0.3 is 9.47 Å². The third-order valence-electron chi connectivity index (χ3n) is 5.02. The van der Waals surface area contributed by atoms with Crippen LogP contribution in [0.15, 0.2) is 36.7 Å². The highest BCUT2D eigenvalue weighted by Crippen LogP contribution is 2.29. The summed E-state index contributed by atoms with van der Waals surface area (Å²) in [5.74, 6) is 1.79. The van der Waals surface area contributed by atoms with E-state index < -0.39 is 0 Å². The molecule has 1 aromatic carbocycles. The van der Waals surface area contributed by atoms with Crippen molar-refractivity contribution in [3.63, 3.8) is 0 Å². The van der Waals surface area contributed by atoms with Crippen molar-refractivity contribution >= 4 is 5.91 Å². The molecule has 1 aliphatic rings. The molecule has 5 rings (SSSR count). The molecule has 0 radical (unpaired) electrons. The van der Waals surface area contributed by atoms with Crippen molar-refractivity contribution in [1.29, 1.82) is 0 Å². The van der Waals surface area contributed by atoms with Crippen LogP contribution in [0.2, 0.25) is 0 Å². The Labute approximate surface area is 165 Å². The van der Waals surface area contributed by atoms with Gasteiger partial charge in [-0.15, -0.1) is 20.4 Å². The maximum atomic E-state index is 13.3. The van der Waals surface area contributed by atoms with Crippen LogP contribution in [0.1, 0.15) is 29.1 Å². The van der Waals surface area contributed by atoms with Crippen molar-refractivity contribution in [2.24, 2.45) is 7.05 Å². The van der Waals surface area contributed by atoms with E-state index in [2.05, 4.69) is 47.4 Å². The lowest BCUT2D eigenvalue weighted by Crippen LogP contribution is -2.40. The average molecular weight is 390 g/mol. The molecule has 0 aliphatic carbocycles. The van der Waals surface area contributed by atoms with Crippen LogP contribution in [0.25, 0.3) is 22.8 Å². The maximum Gasteiger partial charge on any atom is 0.255 e. The van der Waals surface area contributed by atoms with Gasteiger partial charge in [-0.25, -0.2) is 0 Å². The third-order valence-corrected chi connectivity index (χ3v) is 5.02. The minimum absolute atomic E-state index is 0.0187. The maximum absolute atomic E-state index is 13.3. The highest BCUT2D eigenvalue weighted by atomic mass is 16.2. The first kappa shape index (κ1) is 17.2. The summed E-state index contributed by atoms with van der Waals surface area (Å²) < 4.78 is 3.81. The van der Waals surface area contributed by atoms with Gasteiger partial charge in [0.25, 0.3) is 5.91 Å². The molecule has 0 spiro atoms. The number of aryl methyl sites for hydroxylation is 1. The molecule has 0 bridgehead atoms. The Kier molecular flexibility index (Phi) is 3.93.